The molecule has 0 atom stereocenters. The number of hydrogen-bond donors (Lipinski definition) is 3. The summed E-state index contributed by atoms with van der Waals surface area (Å²) >= 11 is 9.51. The quantitative estimate of drug-likeness (QED) is 0.378. The van der Waals surface area contributed by atoms with E-state index in [1.54, 1.807) is 11.0 Å². The number of halogens is 1. The molecule has 0 spiro atoms. The number of amides is 1. The van der Waals surface area contributed by atoms with E-state index in [1.807, 2.05) is 20.8 Å². The number of ether oxygens (including phenoxy) is 1. The highest BCUT2D eigenvalue weighted by Crippen LogP contribution is 2.33. The van der Waals surface area contributed by atoms with Gasteiger partial charge >= 0.3 is 6.09 Å². The van der Waals surface area contributed by atoms with Crippen molar-refractivity contribution >= 4 is 36.0 Å². The number of phenolic OH excluding ortho intramolecular Hbond substituents is 1. The highest BCUT2D eigenvalue weighted by atomic mass is 35.5. The third kappa shape index (κ3) is 5.85. The van der Waals surface area contributed by atoms with Crippen LogP contribution in [0.15, 0.2) is 17.0 Å². The Morgan fingerprint density at radius 3 is 2.36 bits per heavy atom. The first-order chi connectivity index (χ1) is 10.1. The smallest absolute Gasteiger partial charge is 0.410 e. The second-order valence-corrected chi connectivity index (χ2v) is 6.86. The van der Waals surface area contributed by atoms with E-state index in [9.17, 15) is 4.79 Å². The number of carbonyl (C=O) groups is 1. The number of nitrogens with zero attached hydrogens (tertiary/aromatic N) is 1. The van der Waals surface area contributed by atoms with Crippen LogP contribution in [0.2, 0.25) is 5.02 Å². The van der Waals surface area contributed by atoms with Gasteiger partial charge in [-0.25, -0.2) is 4.79 Å². The molecule has 1 aliphatic rings. The number of hydrogen-bond acceptors (Lipinski definition) is 5. The number of nitrogen functional groups attached to an aromatic ring is 1. The van der Waals surface area contributed by atoms with Crippen molar-refractivity contribution in [3.8, 4) is 5.75 Å². The Morgan fingerprint density at radius 2 is 1.91 bits per heavy atom. The number of phenols is 1. The molecule has 1 aromatic carbocycles. The molecule has 1 fully saturated rings. The Bertz CT molecular complexity index is 499. The number of thiol groups is 1. The van der Waals surface area contributed by atoms with Crippen molar-refractivity contribution in [2.24, 2.45) is 0 Å². The lowest BCUT2D eigenvalue weighted by molar-refractivity contribution is 0.0295. The molecule has 1 saturated heterocycles. The maximum atomic E-state index is 11.4. The lowest BCUT2D eigenvalue weighted by atomic mass is 10.2. The molecule has 0 radical (unpaired) electrons. The molecule has 0 bridgehead atoms. The summed E-state index contributed by atoms with van der Waals surface area (Å²) < 4.78 is 5.21. The summed E-state index contributed by atoms with van der Waals surface area (Å²) in [7, 11) is 0. The van der Waals surface area contributed by atoms with Crippen LogP contribution in [0.25, 0.3) is 0 Å². The zero-order chi connectivity index (χ0) is 16.9. The summed E-state index contributed by atoms with van der Waals surface area (Å²) in [4.78, 5) is 13.5. The average Bonchev–Trinajstić information content (AvgIpc) is 2.94. The molecule has 124 valence electrons. The van der Waals surface area contributed by atoms with Crippen LogP contribution in [-0.2, 0) is 4.74 Å². The summed E-state index contributed by atoms with van der Waals surface area (Å²) in [6.07, 6.45) is 2.05. The van der Waals surface area contributed by atoms with Crippen LogP contribution in [0.5, 0.6) is 5.75 Å². The van der Waals surface area contributed by atoms with Gasteiger partial charge in [0.15, 0.2) is 5.75 Å². The molecule has 2 rings (SSSR count). The molecule has 22 heavy (non-hydrogen) atoms. The van der Waals surface area contributed by atoms with Gasteiger partial charge in [0.2, 0.25) is 0 Å². The lowest BCUT2D eigenvalue weighted by Gasteiger charge is -2.23. The molecule has 1 aliphatic heterocycles. The number of carbonyl (C=O) groups excluding carboxylic acids is 1. The van der Waals surface area contributed by atoms with Gasteiger partial charge in [0.1, 0.15) is 5.60 Å². The second-order valence-electron chi connectivity index (χ2n) is 6.01. The van der Waals surface area contributed by atoms with Crippen molar-refractivity contribution in [2.45, 2.75) is 44.1 Å². The summed E-state index contributed by atoms with van der Waals surface area (Å²) in [6, 6.07) is 3.11. The fraction of sp³-hybridized carbons (Fsp3) is 0.533. The Labute approximate surface area is 141 Å². The van der Waals surface area contributed by atoms with Gasteiger partial charge in [-0.15, -0.1) is 12.6 Å². The third-order valence-corrected chi connectivity index (χ3v) is 3.79. The molecule has 1 aromatic rings. The predicted octanol–water partition coefficient (Wildman–Crippen LogP) is 3.93. The maximum absolute atomic E-state index is 11.4. The standard InChI is InChI=1S/C9H17NO2.C6H6ClNOS/c1-9(2,3)12-8(11)10-6-4-5-7-10;7-3-1-2-4(8)5(9)6(3)10/h4-7H2,1-3H3;1-2,9-10H,8H2. The van der Waals surface area contributed by atoms with Gasteiger partial charge in [0.05, 0.1) is 15.6 Å². The highest BCUT2D eigenvalue weighted by molar-refractivity contribution is 7.80. The van der Waals surface area contributed by atoms with E-state index >= 15 is 0 Å². The predicted molar refractivity (Wildman–Crippen MR) is 91.8 cm³/mol. The number of benzene rings is 1. The van der Waals surface area contributed by atoms with Crippen molar-refractivity contribution in [1.82, 2.24) is 4.90 Å². The van der Waals surface area contributed by atoms with Crippen molar-refractivity contribution in [2.75, 3.05) is 18.8 Å². The normalized spacial score (nSPS) is 14.3. The molecule has 0 saturated carbocycles. The van der Waals surface area contributed by atoms with Crippen molar-refractivity contribution in [3.63, 3.8) is 0 Å². The molecule has 0 aromatic heterocycles. The molecule has 1 amide bonds. The van der Waals surface area contributed by atoms with Crippen LogP contribution in [0.1, 0.15) is 33.6 Å². The summed E-state index contributed by atoms with van der Waals surface area (Å²) in [6.45, 7) is 7.38. The monoisotopic (exact) mass is 346 g/mol. The summed E-state index contributed by atoms with van der Waals surface area (Å²) in [5.41, 5.74) is 5.26. The lowest BCUT2D eigenvalue weighted by Crippen LogP contribution is -2.34. The van der Waals surface area contributed by atoms with Crippen molar-refractivity contribution in [3.05, 3.63) is 17.2 Å². The van der Waals surface area contributed by atoms with E-state index in [1.165, 1.54) is 6.07 Å². The number of aromatic hydroxyl groups is 1. The van der Waals surface area contributed by atoms with E-state index in [0.717, 1.165) is 25.9 Å². The van der Waals surface area contributed by atoms with Gasteiger partial charge in [-0.3, -0.25) is 0 Å². The van der Waals surface area contributed by atoms with Crippen LogP contribution in [-0.4, -0.2) is 34.8 Å². The van der Waals surface area contributed by atoms with Crippen molar-refractivity contribution < 1.29 is 14.6 Å². The van der Waals surface area contributed by atoms with Gasteiger partial charge < -0.3 is 20.5 Å². The van der Waals surface area contributed by atoms with Crippen LogP contribution < -0.4 is 5.73 Å². The van der Waals surface area contributed by atoms with E-state index in [4.69, 9.17) is 27.2 Å². The summed E-state index contributed by atoms with van der Waals surface area (Å²) in [5.74, 6) is -0.0594. The second kappa shape index (κ2) is 7.83. The van der Waals surface area contributed by atoms with Gasteiger partial charge in [0, 0.05) is 13.1 Å². The highest BCUT2D eigenvalue weighted by Gasteiger charge is 2.23. The minimum Gasteiger partial charge on any atom is -0.505 e. The zero-order valence-corrected chi connectivity index (χ0v) is 14.7. The first kappa shape index (κ1) is 18.8. The molecule has 0 unspecified atom stereocenters. The zero-order valence-electron chi connectivity index (χ0n) is 13.1. The first-order valence-corrected chi connectivity index (χ1v) is 7.88. The van der Waals surface area contributed by atoms with Gasteiger partial charge in [-0.05, 0) is 45.7 Å². The fourth-order valence-corrected chi connectivity index (χ4v) is 2.15. The Hall–Kier alpha value is -1.27. The average molecular weight is 347 g/mol. The number of likely N-dealkylation sites (tertiary alicyclic amines) is 1. The maximum Gasteiger partial charge on any atom is 0.410 e. The van der Waals surface area contributed by atoms with Gasteiger partial charge in [-0.1, -0.05) is 11.6 Å². The first-order valence-electron chi connectivity index (χ1n) is 7.05. The molecular formula is C15H23ClN2O3S. The van der Waals surface area contributed by atoms with Crippen LogP contribution in [0.3, 0.4) is 0 Å². The third-order valence-electron chi connectivity index (χ3n) is 2.89. The largest absolute Gasteiger partial charge is 0.505 e. The number of rotatable bonds is 0. The molecule has 5 nitrogen and oxygen atoms in total. The van der Waals surface area contributed by atoms with E-state index in [-0.39, 0.29) is 23.1 Å². The van der Waals surface area contributed by atoms with E-state index < -0.39 is 0 Å². The number of nitrogens with two attached hydrogens (primary N) is 1. The molecular weight excluding hydrogens is 324 g/mol. The number of anilines is 1. The topological polar surface area (TPSA) is 75.8 Å². The van der Waals surface area contributed by atoms with Crippen LogP contribution in [0.4, 0.5) is 10.5 Å². The minimum absolute atomic E-state index is 0.0594. The van der Waals surface area contributed by atoms with Crippen LogP contribution >= 0.6 is 24.2 Å². The van der Waals surface area contributed by atoms with Crippen molar-refractivity contribution in [1.29, 1.82) is 0 Å². The minimum atomic E-state index is -0.361. The Kier molecular flexibility index (Phi) is 6.68. The fourth-order valence-electron chi connectivity index (χ4n) is 1.80. The van der Waals surface area contributed by atoms with Gasteiger partial charge in [-0.2, -0.15) is 0 Å². The molecule has 7 heteroatoms. The van der Waals surface area contributed by atoms with Crippen LogP contribution in [0, 0.1) is 0 Å². The summed E-state index contributed by atoms with van der Waals surface area (Å²) in [5, 5.41) is 9.50. The SMILES string of the molecule is CC(C)(C)OC(=O)N1CCCC1.Nc1ccc(Cl)c(S)c1O. The Morgan fingerprint density at radius 1 is 1.36 bits per heavy atom. The van der Waals surface area contributed by atoms with E-state index in [0.29, 0.717) is 9.92 Å². The molecule has 0 aliphatic carbocycles. The van der Waals surface area contributed by atoms with Gasteiger partial charge in [0.25, 0.3) is 0 Å². The Balaban J connectivity index is 0.000000224. The van der Waals surface area contributed by atoms with E-state index in [2.05, 4.69) is 12.6 Å². The molecule has 3 N–H and O–H groups in total. The molecule has 1 heterocycles.